The zero-order valence-corrected chi connectivity index (χ0v) is 13.8. The maximum atomic E-state index is 7.67. The Labute approximate surface area is 128 Å². The molecule has 4 heteroatoms. The van der Waals surface area contributed by atoms with Crippen LogP contribution in [0.1, 0.15) is 51.2 Å². The van der Waals surface area contributed by atoms with Crippen molar-refractivity contribution in [3.8, 4) is 5.75 Å². The molecule has 0 heterocycles. The number of ether oxygens (including phenoxy) is 1. The summed E-state index contributed by atoms with van der Waals surface area (Å²) in [5, 5.41) is 7.67. The predicted octanol–water partition coefficient (Wildman–Crippen LogP) is 3.38. The minimum atomic E-state index is 0.0531. The number of rotatable bonds is 9. The first-order chi connectivity index (χ1) is 10.0. The number of hydrogen-bond acceptors (Lipinski definition) is 3. The van der Waals surface area contributed by atoms with Gasteiger partial charge in [0.15, 0.2) is 0 Å². The zero-order valence-electron chi connectivity index (χ0n) is 13.8. The van der Waals surface area contributed by atoms with Crippen molar-refractivity contribution in [2.24, 2.45) is 5.73 Å². The Morgan fingerprint density at radius 1 is 1.38 bits per heavy atom. The summed E-state index contributed by atoms with van der Waals surface area (Å²) in [5.74, 6) is 0.715. The highest BCUT2D eigenvalue weighted by Gasteiger charge is 2.14. The fraction of sp³-hybridized carbons (Fsp3) is 0.588. The summed E-state index contributed by atoms with van der Waals surface area (Å²) in [4.78, 5) is 2.50. The van der Waals surface area contributed by atoms with Crippen LogP contribution in [-0.4, -0.2) is 30.4 Å². The molecule has 0 bridgehead atoms. The van der Waals surface area contributed by atoms with Crippen molar-refractivity contribution in [1.82, 2.24) is 4.90 Å². The Morgan fingerprint density at radius 3 is 2.62 bits per heavy atom. The van der Waals surface area contributed by atoms with Crippen LogP contribution in [0.15, 0.2) is 18.2 Å². The van der Waals surface area contributed by atoms with Gasteiger partial charge in [-0.15, -0.1) is 0 Å². The van der Waals surface area contributed by atoms with Crippen molar-refractivity contribution in [2.75, 3.05) is 13.7 Å². The fourth-order valence-electron chi connectivity index (χ4n) is 2.37. The van der Waals surface area contributed by atoms with Crippen LogP contribution in [0.3, 0.4) is 0 Å². The van der Waals surface area contributed by atoms with Gasteiger partial charge < -0.3 is 10.5 Å². The van der Waals surface area contributed by atoms with Crippen molar-refractivity contribution in [1.29, 1.82) is 5.41 Å². The predicted molar refractivity (Wildman–Crippen MR) is 89.1 cm³/mol. The smallest absolute Gasteiger partial charge is 0.129 e. The SMILES string of the molecule is CCCCN(Cc1ccc(OC)c(C(=N)N)c1)C(C)CC. The number of nitrogens with zero attached hydrogens (tertiary/aromatic N) is 1. The third-order valence-corrected chi connectivity index (χ3v) is 3.95. The summed E-state index contributed by atoms with van der Waals surface area (Å²) in [6.07, 6.45) is 3.55. The highest BCUT2D eigenvalue weighted by Crippen LogP contribution is 2.21. The monoisotopic (exact) mass is 291 g/mol. The van der Waals surface area contributed by atoms with E-state index >= 15 is 0 Å². The zero-order chi connectivity index (χ0) is 15.8. The van der Waals surface area contributed by atoms with E-state index in [-0.39, 0.29) is 5.84 Å². The van der Waals surface area contributed by atoms with Gasteiger partial charge >= 0.3 is 0 Å². The summed E-state index contributed by atoms with van der Waals surface area (Å²) in [6.45, 7) is 8.70. The normalized spacial score (nSPS) is 12.4. The maximum Gasteiger partial charge on any atom is 0.129 e. The van der Waals surface area contributed by atoms with Crippen molar-refractivity contribution in [3.63, 3.8) is 0 Å². The molecule has 0 spiro atoms. The van der Waals surface area contributed by atoms with Gasteiger partial charge in [-0.3, -0.25) is 10.3 Å². The lowest BCUT2D eigenvalue weighted by atomic mass is 10.1. The van der Waals surface area contributed by atoms with Gasteiger partial charge in [0.25, 0.3) is 0 Å². The standard InChI is InChI=1S/C17H29N3O/c1-5-7-10-20(13(3)6-2)12-14-8-9-16(21-4)15(11-14)17(18)19/h8-9,11,13H,5-7,10,12H2,1-4H3,(H3,18,19). The Hall–Kier alpha value is -1.55. The summed E-state index contributed by atoms with van der Waals surface area (Å²) < 4.78 is 5.27. The van der Waals surface area contributed by atoms with Crippen LogP contribution in [0.4, 0.5) is 0 Å². The number of hydrogen-bond donors (Lipinski definition) is 2. The van der Waals surface area contributed by atoms with Crippen LogP contribution in [0, 0.1) is 5.41 Å². The van der Waals surface area contributed by atoms with Gasteiger partial charge in [-0.05, 0) is 44.0 Å². The lowest BCUT2D eigenvalue weighted by Crippen LogP contribution is -2.33. The summed E-state index contributed by atoms with van der Waals surface area (Å²) >= 11 is 0. The number of unbranched alkanes of at least 4 members (excludes halogenated alkanes) is 1. The molecule has 0 aliphatic heterocycles. The van der Waals surface area contributed by atoms with Crippen molar-refractivity contribution in [3.05, 3.63) is 29.3 Å². The number of benzene rings is 1. The highest BCUT2D eigenvalue weighted by atomic mass is 16.5. The average molecular weight is 291 g/mol. The van der Waals surface area contributed by atoms with Crippen LogP contribution in [0.2, 0.25) is 0 Å². The van der Waals surface area contributed by atoms with E-state index in [1.54, 1.807) is 7.11 Å². The van der Waals surface area contributed by atoms with E-state index in [0.717, 1.165) is 19.5 Å². The molecule has 0 saturated carbocycles. The van der Waals surface area contributed by atoms with Gasteiger partial charge in [-0.25, -0.2) is 0 Å². The third kappa shape index (κ3) is 5.05. The van der Waals surface area contributed by atoms with E-state index in [1.807, 2.05) is 12.1 Å². The lowest BCUT2D eigenvalue weighted by Gasteiger charge is -2.28. The van der Waals surface area contributed by atoms with E-state index in [2.05, 4.69) is 31.7 Å². The summed E-state index contributed by atoms with van der Waals surface area (Å²) in [7, 11) is 1.61. The molecule has 1 aromatic carbocycles. The number of nitrogen functional groups attached to an aromatic ring is 1. The Morgan fingerprint density at radius 2 is 2.10 bits per heavy atom. The van der Waals surface area contributed by atoms with Crippen LogP contribution in [-0.2, 0) is 6.54 Å². The Bertz CT molecular complexity index is 459. The average Bonchev–Trinajstić information content (AvgIpc) is 2.50. The molecule has 1 aromatic rings. The molecule has 3 N–H and O–H groups in total. The van der Waals surface area contributed by atoms with Gasteiger partial charge in [-0.2, -0.15) is 0 Å². The van der Waals surface area contributed by atoms with Crippen LogP contribution >= 0.6 is 0 Å². The molecule has 4 nitrogen and oxygen atoms in total. The summed E-state index contributed by atoms with van der Waals surface area (Å²) in [6, 6.07) is 6.50. The largest absolute Gasteiger partial charge is 0.496 e. The highest BCUT2D eigenvalue weighted by molar-refractivity contribution is 5.97. The van der Waals surface area contributed by atoms with Gasteiger partial charge in [0.05, 0.1) is 12.7 Å². The van der Waals surface area contributed by atoms with E-state index in [9.17, 15) is 0 Å². The van der Waals surface area contributed by atoms with Gasteiger partial charge in [0.1, 0.15) is 11.6 Å². The third-order valence-electron chi connectivity index (χ3n) is 3.95. The molecule has 0 aromatic heterocycles. The lowest BCUT2D eigenvalue weighted by molar-refractivity contribution is 0.192. The quantitative estimate of drug-likeness (QED) is 0.541. The second kappa shape index (κ2) is 8.67. The molecule has 0 aliphatic carbocycles. The topological polar surface area (TPSA) is 62.3 Å². The van der Waals surface area contributed by atoms with Crippen LogP contribution in [0.25, 0.3) is 0 Å². The molecular formula is C17H29N3O. The molecule has 0 amide bonds. The molecule has 1 unspecified atom stereocenters. The van der Waals surface area contributed by atoms with Crippen LogP contribution < -0.4 is 10.5 Å². The molecular weight excluding hydrogens is 262 g/mol. The van der Waals surface area contributed by atoms with Crippen molar-refractivity contribution >= 4 is 5.84 Å². The van der Waals surface area contributed by atoms with E-state index in [1.165, 1.54) is 18.4 Å². The maximum absolute atomic E-state index is 7.67. The fourth-order valence-corrected chi connectivity index (χ4v) is 2.37. The van der Waals surface area contributed by atoms with Gasteiger partial charge in [0, 0.05) is 12.6 Å². The van der Waals surface area contributed by atoms with E-state index < -0.39 is 0 Å². The van der Waals surface area contributed by atoms with E-state index in [0.29, 0.717) is 17.4 Å². The second-order valence-electron chi connectivity index (χ2n) is 5.53. The molecule has 1 atom stereocenters. The molecule has 1 rings (SSSR count). The van der Waals surface area contributed by atoms with Crippen molar-refractivity contribution < 1.29 is 4.74 Å². The molecule has 0 fully saturated rings. The molecule has 0 saturated heterocycles. The second-order valence-corrected chi connectivity index (χ2v) is 5.53. The Kier molecular flexibility index (Phi) is 7.23. The van der Waals surface area contributed by atoms with Gasteiger partial charge in [0.2, 0.25) is 0 Å². The first-order valence-corrected chi connectivity index (χ1v) is 7.78. The Balaban J connectivity index is 2.92. The molecule has 0 radical (unpaired) electrons. The van der Waals surface area contributed by atoms with Crippen LogP contribution in [0.5, 0.6) is 5.75 Å². The number of amidine groups is 1. The number of nitrogens with two attached hydrogens (primary N) is 1. The van der Waals surface area contributed by atoms with E-state index in [4.69, 9.17) is 15.9 Å². The minimum absolute atomic E-state index is 0.0531. The molecule has 21 heavy (non-hydrogen) atoms. The first kappa shape index (κ1) is 17.5. The number of methoxy groups -OCH3 is 1. The van der Waals surface area contributed by atoms with Crippen molar-refractivity contribution in [2.45, 2.75) is 52.6 Å². The molecule has 118 valence electrons. The van der Waals surface area contributed by atoms with Gasteiger partial charge in [-0.1, -0.05) is 26.3 Å². The first-order valence-electron chi connectivity index (χ1n) is 7.78. The molecule has 0 aliphatic rings. The number of nitrogens with one attached hydrogen (secondary N) is 1. The summed E-state index contributed by atoms with van der Waals surface area (Å²) in [5.41, 5.74) is 7.50. The minimum Gasteiger partial charge on any atom is -0.496 e.